The Hall–Kier alpha value is -1.84. The monoisotopic (exact) mass is 311 g/mol. The van der Waals surface area contributed by atoms with E-state index in [-0.39, 0.29) is 0 Å². The van der Waals surface area contributed by atoms with Crippen molar-refractivity contribution in [2.24, 2.45) is 0 Å². The summed E-state index contributed by atoms with van der Waals surface area (Å²) in [6, 6.07) is 14.5. The Kier molecular flexibility index (Phi) is 3.60. The zero-order valence-electron chi connectivity index (χ0n) is 12.3. The third-order valence-corrected chi connectivity index (χ3v) is 4.73. The van der Waals surface area contributed by atoms with E-state index in [0.717, 1.165) is 24.7 Å². The van der Waals surface area contributed by atoms with Crippen LogP contribution in [0.5, 0.6) is 0 Å². The lowest BCUT2D eigenvalue weighted by molar-refractivity contribution is 0.328. The van der Waals surface area contributed by atoms with Crippen LogP contribution in [0.15, 0.2) is 54.9 Å². The first-order chi connectivity index (χ1) is 10.8. The molecule has 3 nitrogen and oxygen atoms in total. The summed E-state index contributed by atoms with van der Waals surface area (Å²) < 4.78 is 1.94. The lowest BCUT2D eigenvalue weighted by Crippen LogP contribution is -2.19. The molecule has 2 aromatic heterocycles. The number of halogens is 1. The van der Waals surface area contributed by atoms with Crippen LogP contribution in [-0.2, 0) is 6.54 Å². The van der Waals surface area contributed by atoms with Gasteiger partial charge in [0, 0.05) is 29.9 Å². The molecule has 1 saturated heterocycles. The molecule has 112 valence electrons. The topological polar surface area (TPSA) is 20.5 Å². The van der Waals surface area contributed by atoms with Crippen LogP contribution in [-0.4, -0.2) is 27.6 Å². The highest BCUT2D eigenvalue weighted by Crippen LogP contribution is 2.30. The lowest BCUT2D eigenvalue weighted by Gasteiger charge is -2.15. The quantitative estimate of drug-likeness (QED) is 0.729. The van der Waals surface area contributed by atoms with Crippen LogP contribution in [0.25, 0.3) is 5.52 Å². The molecule has 0 aliphatic carbocycles. The Morgan fingerprint density at radius 3 is 3.05 bits per heavy atom. The predicted molar refractivity (Wildman–Crippen MR) is 89.3 cm³/mol. The van der Waals surface area contributed by atoms with E-state index in [1.165, 1.54) is 23.1 Å². The molecule has 1 aliphatic heterocycles. The van der Waals surface area contributed by atoms with Crippen LogP contribution in [0.3, 0.4) is 0 Å². The minimum atomic E-state index is 0.584. The maximum absolute atomic E-state index is 6.12. The van der Waals surface area contributed by atoms with Gasteiger partial charge in [-0.1, -0.05) is 29.8 Å². The molecule has 0 amide bonds. The number of benzene rings is 1. The lowest BCUT2D eigenvalue weighted by atomic mass is 9.99. The normalized spacial score (nSPS) is 19.0. The predicted octanol–water partition coefficient (Wildman–Crippen LogP) is 3.98. The van der Waals surface area contributed by atoms with E-state index in [1.807, 2.05) is 35.1 Å². The van der Waals surface area contributed by atoms with Gasteiger partial charge in [0.05, 0.1) is 11.7 Å². The van der Waals surface area contributed by atoms with Gasteiger partial charge in [-0.2, -0.15) is 5.10 Å². The van der Waals surface area contributed by atoms with E-state index in [4.69, 9.17) is 11.6 Å². The molecule has 1 fully saturated rings. The molecule has 1 aromatic carbocycles. The van der Waals surface area contributed by atoms with Gasteiger partial charge < -0.3 is 0 Å². The largest absolute Gasteiger partial charge is 0.298 e. The van der Waals surface area contributed by atoms with E-state index in [2.05, 4.69) is 34.3 Å². The number of pyridine rings is 1. The molecular formula is C18H18ClN3. The smallest absolute Gasteiger partial charge is 0.0706 e. The first-order valence-corrected chi connectivity index (χ1v) is 8.06. The van der Waals surface area contributed by atoms with Crippen LogP contribution < -0.4 is 0 Å². The average molecular weight is 312 g/mol. The average Bonchev–Trinajstić information content (AvgIpc) is 3.16. The summed E-state index contributed by atoms with van der Waals surface area (Å²) >= 11 is 6.12. The first kappa shape index (κ1) is 13.8. The maximum Gasteiger partial charge on any atom is 0.0706 e. The SMILES string of the molecule is Clc1cccc(C2CCN(Cc3cnn4ccccc34)C2)c1. The second kappa shape index (κ2) is 5.75. The van der Waals surface area contributed by atoms with E-state index in [1.54, 1.807) is 0 Å². The third kappa shape index (κ3) is 2.62. The van der Waals surface area contributed by atoms with Crippen molar-refractivity contribution in [1.82, 2.24) is 14.5 Å². The van der Waals surface area contributed by atoms with Crippen molar-refractivity contribution in [2.75, 3.05) is 13.1 Å². The van der Waals surface area contributed by atoms with Crippen molar-refractivity contribution in [3.8, 4) is 0 Å². The highest BCUT2D eigenvalue weighted by Gasteiger charge is 2.24. The van der Waals surface area contributed by atoms with Crippen molar-refractivity contribution < 1.29 is 0 Å². The molecule has 3 heterocycles. The summed E-state index contributed by atoms with van der Waals surface area (Å²) in [5.41, 5.74) is 3.86. The van der Waals surface area contributed by atoms with Gasteiger partial charge in [-0.05, 0) is 48.7 Å². The standard InChI is InChI=1S/C18H18ClN3/c19-17-5-3-4-14(10-17)15-7-9-21(12-15)13-16-11-20-22-8-2-1-6-18(16)22/h1-6,8,10-11,15H,7,9,12-13H2. The fourth-order valence-electron chi connectivity index (χ4n) is 3.36. The van der Waals surface area contributed by atoms with Crippen molar-refractivity contribution >= 4 is 17.1 Å². The van der Waals surface area contributed by atoms with Crippen molar-refractivity contribution in [1.29, 1.82) is 0 Å². The zero-order chi connectivity index (χ0) is 14.9. The summed E-state index contributed by atoms with van der Waals surface area (Å²) in [7, 11) is 0. The Morgan fingerprint density at radius 1 is 1.18 bits per heavy atom. The molecule has 0 radical (unpaired) electrons. The summed E-state index contributed by atoms with van der Waals surface area (Å²) in [6.07, 6.45) is 5.18. The highest BCUT2D eigenvalue weighted by molar-refractivity contribution is 6.30. The minimum absolute atomic E-state index is 0.584. The van der Waals surface area contributed by atoms with Crippen LogP contribution >= 0.6 is 11.6 Å². The third-order valence-electron chi connectivity index (χ3n) is 4.49. The molecular weight excluding hydrogens is 294 g/mol. The molecule has 1 aliphatic rings. The fourth-order valence-corrected chi connectivity index (χ4v) is 3.56. The second-order valence-electron chi connectivity index (χ2n) is 5.98. The molecule has 0 saturated carbocycles. The van der Waals surface area contributed by atoms with Gasteiger partial charge in [-0.3, -0.25) is 4.90 Å². The van der Waals surface area contributed by atoms with Gasteiger partial charge in [-0.25, -0.2) is 4.52 Å². The number of rotatable bonds is 3. The van der Waals surface area contributed by atoms with Gasteiger partial charge in [0.2, 0.25) is 0 Å². The Morgan fingerprint density at radius 2 is 2.14 bits per heavy atom. The number of nitrogens with zero attached hydrogens (tertiary/aromatic N) is 3. The van der Waals surface area contributed by atoms with Gasteiger partial charge in [0.25, 0.3) is 0 Å². The van der Waals surface area contributed by atoms with Gasteiger partial charge in [0.15, 0.2) is 0 Å². The molecule has 4 heteroatoms. The molecule has 0 bridgehead atoms. The number of fused-ring (bicyclic) bond motifs is 1. The molecule has 0 spiro atoms. The van der Waals surface area contributed by atoms with Gasteiger partial charge >= 0.3 is 0 Å². The number of hydrogen-bond acceptors (Lipinski definition) is 2. The number of likely N-dealkylation sites (tertiary alicyclic amines) is 1. The second-order valence-corrected chi connectivity index (χ2v) is 6.41. The van der Waals surface area contributed by atoms with E-state index in [9.17, 15) is 0 Å². The summed E-state index contributed by atoms with van der Waals surface area (Å²) in [5.74, 6) is 0.584. The molecule has 4 rings (SSSR count). The van der Waals surface area contributed by atoms with Crippen molar-refractivity contribution in [2.45, 2.75) is 18.9 Å². The fraction of sp³-hybridized carbons (Fsp3) is 0.278. The van der Waals surface area contributed by atoms with Crippen LogP contribution in [0.1, 0.15) is 23.5 Å². The zero-order valence-corrected chi connectivity index (χ0v) is 13.1. The highest BCUT2D eigenvalue weighted by atomic mass is 35.5. The maximum atomic E-state index is 6.12. The minimum Gasteiger partial charge on any atom is -0.298 e. The molecule has 1 atom stereocenters. The Balaban J connectivity index is 1.49. The first-order valence-electron chi connectivity index (χ1n) is 7.69. The van der Waals surface area contributed by atoms with Crippen LogP contribution in [0, 0.1) is 0 Å². The van der Waals surface area contributed by atoms with Gasteiger partial charge in [-0.15, -0.1) is 0 Å². The number of hydrogen-bond donors (Lipinski definition) is 0. The van der Waals surface area contributed by atoms with E-state index < -0.39 is 0 Å². The summed E-state index contributed by atoms with van der Waals surface area (Å²) in [5, 5.41) is 5.25. The van der Waals surface area contributed by atoms with E-state index >= 15 is 0 Å². The Labute approximate surface area is 135 Å². The Bertz CT molecular complexity index is 796. The van der Waals surface area contributed by atoms with Crippen molar-refractivity contribution in [3.63, 3.8) is 0 Å². The van der Waals surface area contributed by atoms with Crippen molar-refractivity contribution in [3.05, 3.63) is 71.0 Å². The van der Waals surface area contributed by atoms with Crippen LogP contribution in [0.4, 0.5) is 0 Å². The summed E-state index contributed by atoms with van der Waals surface area (Å²) in [4.78, 5) is 2.51. The summed E-state index contributed by atoms with van der Waals surface area (Å²) in [6.45, 7) is 3.18. The molecule has 0 N–H and O–H groups in total. The number of aromatic nitrogens is 2. The molecule has 3 aromatic rings. The molecule has 1 unspecified atom stereocenters. The van der Waals surface area contributed by atoms with Crippen LogP contribution in [0.2, 0.25) is 5.02 Å². The van der Waals surface area contributed by atoms with E-state index in [0.29, 0.717) is 5.92 Å². The molecule has 22 heavy (non-hydrogen) atoms. The van der Waals surface area contributed by atoms with Gasteiger partial charge in [0.1, 0.15) is 0 Å².